The van der Waals surface area contributed by atoms with E-state index in [9.17, 15) is 12.8 Å². The van der Waals surface area contributed by atoms with Gasteiger partial charge in [0, 0.05) is 0 Å². The minimum Gasteiger partial charge on any atom is -0.495 e. The fraction of sp³-hybridized carbons (Fsp3) is 0.0588. The second-order valence-electron chi connectivity index (χ2n) is 5.19. The van der Waals surface area contributed by atoms with E-state index in [2.05, 4.69) is 14.7 Å². The number of methoxy groups -OCH3 is 1. The molecule has 0 aliphatic heterocycles. The lowest BCUT2D eigenvalue weighted by Gasteiger charge is -2.10. The monoisotopic (exact) mass is 409 g/mol. The van der Waals surface area contributed by atoms with Gasteiger partial charge in [0.25, 0.3) is 10.0 Å². The van der Waals surface area contributed by atoms with Crippen molar-refractivity contribution in [1.29, 1.82) is 0 Å². The summed E-state index contributed by atoms with van der Waals surface area (Å²) in [7, 11) is -2.48. The first-order valence-electron chi connectivity index (χ1n) is 7.50. The molecule has 0 saturated heterocycles. The molecule has 0 amide bonds. The lowest BCUT2D eigenvalue weighted by Crippen LogP contribution is -2.13. The average Bonchev–Trinajstić information content (AvgIpc) is 2.65. The number of benzene rings is 2. The lowest BCUT2D eigenvalue weighted by molar-refractivity contribution is 0.411. The summed E-state index contributed by atoms with van der Waals surface area (Å²) >= 11 is 5.96. The molecule has 7 nitrogen and oxygen atoms in total. The fourth-order valence-electron chi connectivity index (χ4n) is 2.08. The molecule has 0 saturated carbocycles. The van der Waals surface area contributed by atoms with Crippen LogP contribution in [0.1, 0.15) is 0 Å². The molecule has 0 unspecified atom stereocenters. The Morgan fingerprint density at radius 3 is 2.41 bits per heavy atom. The summed E-state index contributed by atoms with van der Waals surface area (Å²) in [5.74, 6) is -0.255. The van der Waals surface area contributed by atoms with E-state index in [-0.39, 0.29) is 27.4 Å². The molecule has 1 aromatic heterocycles. The first kappa shape index (κ1) is 18.9. The number of hydrogen-bond acceptors (Lipinski definition) is 6. The zero-order chi connectivity index (χ0) is 19.4. The van der Waals surface area contributed by atoms with Crippen LogP contribution in [0.3, 0.4) is 0 Å². The molecule has 1 heterocycles. The highest BCUT2D eigenvalue weighted by molar-refractivity contribution is 7.92. The largest absolute Gasteiger partial charge is 0.495 e. The molecule has 27 heavy (non-hydrogen) atoms. The Morgan fingerprint density at radius 2 is 1.78 bits per heavy atom. The van der Waals surface area contributed by atoms with Gasteiger partial charge in [-0.15, -0.1) is 0 Å². The highest BCUT2D eigenvalue weighted by atomic mass is 35.5. The number of nitrogens with zero attached hydrogens (tertiary/aromatic N) is 2. The van der Waals surface area contributed by atoms with Crippen LogP contribution in [0.4, 0.5) is 10.1 Å². The number of para-hydroxylation sites is 1. The summed E-state index contributed by atoms with van der Waals surface area (Å²) in [6.45, 7) is 0. The van der Waals surface area contributed by atoms with Crippen molar-refractivity contribution in [3.05, 3.63) is 65.7 Å². The molecule has 0 spiro atoms. The maximum atomic E-state index is 13.6. The Hall–Kier alpha value is -2.91. The predicted molar refractivity (Wildman–Crippen MR) is 97.3 cm³/mol. The van der Waals surface area contributed by atoms with E-state index in [4.69, 9.17) is 21.1 Å². The van der Waals surface area contributed by atoms with Crippen molar-refractivity contribution in [2.75, 3.05) is 11.8 Å². The number of nitrogens with one attached hydrogen (secondary N) is 1. The maximum Gasteiger partial charge on any atom is 0.322 e. The summed E-state index contributed by atoms with van der Waals surface area (Å²) in [6.07, 6.45) is 2.40. The first-order chi connectivity index (χ1) is 12.9. The molecule has 0 atom stereocenters. The van der Waals surface area contributed by atoms with Crippen molar-refractivity contribution in [2.45, 2.75) is 4.90 Å². The summed E-state index contributed by atoms with van der Waals surface area (Å²) in [5, 5.41) is 0.158. The van der Waals surface area contributed by atoms with Crippen molar-refractivity contribution >= 4 is 27.3 Å². The first-order valence-corrected chi connectivity index (χ1v) is 9.36. The van der Waals surface area contributed by atoms with Crippen LogP contribution in [0.25, 0.3) is 0 Å². The molecule has 0 bridgehead atoms. The number of ether oxygens (including phenoxy) is 2. The summed E-state index contributed by atoms with van der Waals surface area (Å²) in [4.78, 5) is 7.67. The van der Waals surface area contributed by atoms with Crippen LogP contribution in [0.5, 0.6) is 17.5 Å². The molecule has 3 rings (SSSR count). The lowest BCUT2D eigenvalue weighted by atomic mass is 10.3. The number of aromatic nitrogens is 2. The second-order valence-corrected chi connectivity index (χ2v) is 7.28. The SMILES string of the molecule is COc1ccc(S(=O)(=O)Nc2cnc(Oc3ccccc3F)nc2)cc1Cl. The summed E-state index contributed by atoms with van der Waals surface area (Å²) in [6, 6.07) is 9.70. The third-order valence-corrected chi connectivity index (χ3v) is 5.03. The van der Waals surface area contributed by atoms with E-state index < -0.39 is 15.8 Å². The molecule has 0 aliphatic carbocycles. The van der Waals surface area contributed by atoms with Gasteiger partial charge in [-0.1, -0.05) is 23.7 Å². The van der Waals surface area contributed by atoms with Crippen molar-refractivity contribution in [1.82, 2.24) is 9.97 Å². The average molecular weight is 410 g/mol. The van der Waals surface area contributed by atoms with Crippen LogP contribution >= 0.6 is 11.6 Å². The molecular formula is C17H13ClFN3O4S. The van der Waals surface area contributed by atoms with Crippen LogP contribution in [-0.4, -0.2) is 25.5 Å². The second kappa shape index (κ2) is 7.77. The fourth-order valence-corrected chi connectivity index (χ4v) is 3.45. The van der Waals surface area contributed by atoms with Crippen LogP contribution in [-0.2, 0) is 10.0 Å². The third kappa shape index (κ3) is 4.44. The number of anilines is 1. The Kier molecular flexibility index (Phi) is 5.43. The molecule has 0 fully saturated rings. The van der Waals surface area contributed by atoms with Gasteiger partial charge in [0.15, 0.2) is 11.6 Å². The van der Waals surface area contributed by atoms with Gasteiger partial charge in [-0.05, 0) is 30.3 Å². The molecule has 2 aromatic carbocycles. The number of sulfonamides is 1. The Labute approximate surface area is 159 Å². The van der Waals surface area contributed by atoms with Crippen molar-refractivity contribution in [3.8, 4) is 17.5 Å². The molecule has 0 aliphatic rings. The van der Waals surface area contributed by atoms with Gasteiger partial charge in [0.2, 0.25) is 0 Å². The van der Waals surface area contributed by atoms with Gasteiger partial charge in [0.1, 0.15) is 5.75 Å². The van der Waals surface area contributed by atoms with E-state index in [0.717, 1.165) is 0 Å². The Morgan fingerprint density at radius 1 is 1.07 bits per heavy atom. The topological polar surface area (TPSA) is 90.4 Å². The van der Waals surface area contributed by atoms with Gasteiger partial charge in [0.05, 0.1) is 35.1 Å². The Bertz CT molecular complexity index is 1060. The van der Waals surface area contributed by atoms with E-state index in [0.29, 0.717) is 5.75 Å². The third-order valence-electron chi connectivity index (χ3n) is 3.35. The number of halogens is 2. The van der Waals surface area contributed by atoms with E-state index >= 15 is 0 Å². The standard InChI is InChI=1S/C17H13ClFN3O4S/c1-25-15-7-6-12(8-13(15)18)27(23,24)22-11-9-20-17(21-10-11)26-16-5-3-2-4-14(16)19/h2-10,22H,1H3. The van der Waals surface area contributed by atoms with E-state index in [1.807, 2.05) is 0 Å². The van der Waals surface area contributed by atoms with E-state index in [1.165, 1.54) is 55.9 Å². The highest BCUT2D eigenvalue weighted by Gasteiger charge is 2.17. The zero-order valence-electron chi connectivity index (χ0n) is 13.9. The summed E-state index contributed by atoms with van der Waals surface area (Å²) in [5.41, 5.74) is 0.0998. The van der Waals surface area contributed by atoms with E-state index in [1.54, 1.807) is 6.07 Å². The van der Waals surface area contributed by atoms with Gasteiger partial charge < -0.3 is 9.47 Å². The van der Waals surface area contributed by atoms with Crippen LogP contribution in [0.2, 0.25) is 5.02 Å². The van der Waals surface area contributed by atoms with Gasteiger partial charge >= 0.3 is 6.01 Å². The molecule has 140 valence electrons. The van der Waals surface area contributed by atoms with Crippen LogP contribution < -0.4 is 14.2 Å². The smallest absolute Gasteiger partial charge is 0.322 e. The minimum atomic E-state index is -3.91. The molecule has 0 radical (unpaired) electrons. The number of hydrogen-bond donors (Lipinski definition) is 1. The molecule has 1 N–H and O–H groups in total. The number of rotatable bonds is 6. The Balaban J connectivity index is 1.75. The predicted octanol–water partition coefficient (Wildman–Crippen LogP) is 3.87. The van der Waals surface area contributed by atoms with Gasteiger partial charge in [-0.2, -0.15) is 0 Å². The minimum absolute atomic E-state index is 0.0429. The van der Waals surface area contributed by atoms with Crippen molar-refractivity contribution in [3.63, 3.8) is 0 Å². The maximum absolute atomic E-state index is 13.6. The van der Waals surface area contributed by atoms with Crippen molar-refractivity contribution < 1.29 is 22.3 Å². The van der Waals surface area contributed by atoms with Crippen LogP contribution in [0.15, 0.2) is 59.8 Å². The van der Waals surface area contributed by atoms with Crippen molar-refractivity contribution in [2.24, 2.45) is 0 Å². The quantitative estimate of drug-likeness (QED) is 0.664. The zero-order valence-corrected chi connectivity index (χ0v) is 15.5. The van der Waals surface area contributed by atoms with Crippen LogP contribution in [0, 0.1) is 5.82 Å². The molecule has 3 aromatic rings. The summed E-state index contributed by atoms with van der Waals surface area (Å²) < 4.78 is 50.9. The van der Waals surface area contributed by atoms with Gasteiger partial charge in [-0.3, -0.25) is 4.72 Å². The van der Waals surface area contributed by atoms with Gasteiger partial charge in [-0.25, -0.2) is 22.8 Å². The molecular weight excluding hydrogens is 397 g/mol. The highest BCUT2D eigenvalue weighted by Crippen LogP contribution is 2.28. The molecule has 10 heteroatoms. The normalized spacial score (nSPS) is 11.1.